The van der Waals surface area contributed by atoms with Crippen molar-refractivity contribution in [2.75, 3.05) is 23.8 Å². The van der Waals surface area contributed by atoms with E-state index in [-0.39, 0.29) is 13.2 Å². The zero-order valence-electron chi connectivity index (χ0n) is 17.3. The van der Waals surface area contributed by atoms with Crippen LogP contribution in [0.2, 0.25) is 20.1 Å². The average molecular weight is 528 g/mol. The first-order valence-electron chi connectivity index (χ1n) is 9.57. The standard InChI is InChI=1S/C23H18Cl4N2O4/c1-13-2-5-16(28-22(30)11-32-20-6-3-14(24)8-17(20)26)10-19(13)29-23(31)12-33-21-7-4-15(25)9-18(21)27/h2-10H,11-12H2,1H3,(H,28,30)(H,29,31). The van der Waals surface area contributed by atoms with E-state index in [4.69, 9.17) is 55.9 Å². The van der Waals surface area contributed by atoms with Crippen LogP contribution < -0.4 is 20.1 Å². The summed E-state index contributed by atoms with van der Waals surface area (Å²) in [4.78, 5) is 24.6. The highest BCUT2D eigenvalue weighted by Gasteiger charge is 2.11. The van der Waals surface area contributed by atoms with Crippen LogP contribution in [0.5, 0.6) is 11.5 Å². The second-order valence-electron chi connectivity index (χ2n) is 6.85. The molecule has 0 aliphatic rings. The third kappa shape index (κ3) is 7.44. The highest BCUT2D eigenvalue weighted by atomic mass is 35.5. The summed E-state index contributed by atoms with van der Waals surface area (Å²) in [6, 6.07) is 14.5. The van der Waals surface area contributed by atoms with Gasteiger partial charge in [0.25, 0.3) is 11.8 Å². The third-order valence-electron chi connectivity index (χ3n) is 4.30. The lowest BCUT2D eigenvalue weighted by atomic mass is 10.1. The normalized spacial score (nSPS) is 10.5. The molecule has 0 aromatic heterocycles. The Morgan fingerprint density at radius 1 is 0.727 bits per heavy atom. The molecule has 2 amide bonds. The van der Waals surface area contributed by atoms with Crippen LogP contribution in [0.4, 0.5) is 11.4 Å². The van der Waals surface area contributed by atoms with Gasteiger partial charge in [0.15, 0.2) is 13.2 Å². The van der Waals surface area contributed by atoms with Gasteiger partial charge in [-0.15, -0.1) is 0 Å². The molecule has 3 aromatic carbocycles. The van der Waals surface area contributed by atoms with Gasteiger partial charge in [-0.25, -0.2) is 0 Å². The molecule has 172 valence electrons. The quantitative estimate of drug-likeness (QED) is 0.344. The number of aryl methyl sites for hydroxylation is 1. The minimum absolute atomic E-state index is 0.257. The van der Waals surface area contributed by atoms with Crippen LogP contribution >= 0.6 is 46.4 Å². The van der Waals surface area contributed by atoms with E-state index >= 15 is 0 Å². The molecule has 2 N–H and O–H groups in total. The molecule has 3 rings (SSSR count). The van der Waals surface area contributed by atoms with Crippen molar-refractivity contribution >= 4 is 69.6 Å². The second kappa shape index (κ2) is 11.5. The van der Waals surface area contributed by atoms with Crippen LogP contribution in [0.1, 0.15) is 5.56 Å². The Balaban J connectivity index is 1.55. The molecular formula is C23H18Cl4N2O4. The Kier molecular flexibility index (Phi) is 8.69. The topological polar surface area (TPSA) is 76.7 Å². The van der Waals surface area contributed by atoms with Crippen LogP contribution in [-0.2, 0) is 9.59 Å². The number of anilines is 2. The van der Waals surface area contributed by atoms with Crippen molar-refractivity contribution in [2.45, 2.75) is 6.92 Å². The lowest BCUT2D eigenvalue weighted by Gasteiger charge is -2.13. The summed E-state index contributed by atoms with van der Waals surface area (Å²) in [7, 11) is 0. The van der Waals surface area contributed by atoms with Crippen molar-refractivity contribution < 1.29 is 19.1 Å². The molecule has 0 aliphatic heterocycles. The van der Waals surface area contributed by atoms with Gasteiger partial charge in [0.05, 0.1) is 10.0 Å². The van der Waals surface area contributed by atoms with Crippen molar-refractivity contribution in [3.63, 3.8) is 0 Å². The highest BCUT2D eigenvalue weighted by molar-refractivity contribution is 6.36. The molecule has 0 radical (unpaired) electrons. The molecule has 0 saturated heterocycles. The lowest BCUT2D eigenvalue weighted by Crippen LogP contribution is -2.22. The van der Waals surface area contributed by atoms with E-state index < -0.39 is 11.8 Å². The number of amides is 2. The number of ether oxygens (including phenoxy) is 2. The number of hydrogen-bond donors (Lipinski definition) is 2. The van der Waals surface area contributed by atoms with E-state index in [1.165, 1.54) is 12.1 Å². The van der Waals surface area contributed by atoms with Crippen molar-refractivity contribution in [3.05, 3.63) is 80.3 Å². The molecular weight excluding hydrogens is 510 g/mol. The third-order valence-corrected chi connectivity index (χ3v) is 5.36. The van der Waals surface area contributed by atoms with E-state index in [0.717, 1.165) is 5.56 Å². The minimum atomic E-state index is -0.400. The zero-order chi connectivity index (χ0) is 24.0. The molecule has 33 heavy (non-hydrogen) atoms. The van der Waals surface area contributed by atoms with Crippen LogP contribution in [0, 0.1) is 6.92 Å². The Labute approximate surface area is 210 Å². The van der Waals surface area contributed by atoms with Crippen LogP contribution in [0.15, 0.2) is 54.6 Å². The first-order chi connectivity index (χ1) is 15.7. The van der Waals surface area contributed by atoms with Crippen molar-refractivity contribution in [3.8, 4) is 11.5 Å². The van der Waals surface area contributed by atoms with E-state index in [9.17, 15) is 9.59 Å². The SMILES string of the molecule is Cc1ccc(NC(=O)COc2ccc(Cl)cc2Cl)cc1NC(=O)COc1ccc(Cl)cc1Cl. The van der Waals surface area contributed by atoms with E-state index in [1.54, 1.807) is 42.5 Å². The van der Waals surface area contributed by atoms with Crippen LogP contribution in [0.25, 0.3) is 0 Å². The number of rotatable bonds is 8. The van der Waals surface area contributed by atoms with Gasteiger partial charge in [0.1, 0.15) is 11.5 Å². The van der Waals surface area contributed by atoms with Crippen molar-refractivity contribution in [2.24, 2.45) is 0 Å². The zero-order valence-corrected chi connectivity index (χ0v) is 20.3. The van der Waals surface area contributed by atoms with Crippen LogP contribution in [-0.4, -0.2) is 25.0 Å². The second-order valence-corrected chi connectivity index (χ2v) is 8.54. The molecule has 0 fully saturated rings. The molecule has 0 unspecified atom stereocenters. The predicted octanol–water partition coefficient (Wildman–Crippen LogP) is 6.64. The predicted molar refractivity (Wildman–Crippen MR) is 132 cm³/mol. The fourth-order valence-electron chi connectivity index (χ4n) is 2.69. The summed E-state index contributed by atoms with van der Waals surface area (Å²) < 4.78 is 10.9. The molecule has 10 heteroatoms. The van der Waals surface area contributed by atoms with Gasteiger partial charge >= 0.3 is 0 Å². The summed E-state index contributed by atoms with van der Waals surface area (Å²) >= 11 is 23.8. The van der Waals surface area contributed by atoms with Gasteiger partial charge in [0.2, 0.25) is 0 Å². The van der Waals surface area contributed by atoms with Crippen LogP contribution in [0.3, 0.4) is 0 Å². The van der Waals surface area contributed by atoms with Gasteiger partial charge in [-0.2, -0.15) is 0 Å². The molecule has 0 saturated carbocycles. The van der Waals surface area contributed by atoms with Gasteiger partial charge in [-0.05, 0) is 61.0 Å². The fourth-order valence-corrected chi connectivity index (χ4v) is 3.62. The van der Waals surface area contributed by atoms with E-state index in [1.807, 2.05) is 6.92 Å². The Morgan fingerprint density at radius 3 is 1.76 bits per heavy atom. The molecule has 0 heterocycles. The molecule has 3 aromatic rings. The summed E-state index contributed by atoms with van der Waals surface area (Å²) in [5.41, 5.74) is 1.80. The summed E-state index contributed by atoms with van der Waals surface area (Å²) in [6.45, 7) is 1.31. The number of carbonyl (C=O) groups is 2. The van der Waals surface area contributed by atoms with Gasteiger partial charge < -0.3 is 20.1 Å². The number of nitrogens with one attached hydrogen (secondary N) is 2. The van der Waals surface area contributed by atoms with E-state index in [0.29, 0.717) is 43.0 Å². The van der Waals surface area contributed by atoms with Gasteiger partial charge in [-0.3, -0.25) is 9.59 Å². The number of halogens is 4. The Bertz CT molecular complexity index is 1190. The van der Waals surface area contributed by atoms with Crippen molar-refractivity contribution in [1.29, 1.82) is 0 Å². The fraction of sp³-hybridized carbons (Fsp3) is 0.130. The lowest BCUT2D eigenvalue weighted by molar-refractivity contribution is -0.118. The molecule has 0 spiro atoms. The number of benzene rings is 3. The molecule has 0 bridgehead atoms. The number of carbonyl (C=O) groups excluding carboxylic acids is 2. The summed E-state index contributed by atoms with van der Waals surface area (Å²) in [5.74, 6) is -0.111. The average Bonchev–Trinajstić information content (AvgIpc) is 2.75. The van der Waals surface area contributed by atoms with Gasteiger partial charge in [0, 0.05) is 21.4 Å². The maximum absolute atomic E-state index is 12.3. The summed E-state index contributed by atoms with van der Waals surface area (Å²) in [5, 5.41) is 7.00. The molecule has 6 nitrogen and oxygen atoms in total. The highest BCUT2D eigenvalue weighted by Crippen LogP contribution is 2.28. The van der Waals surface area contributed by atoms with Gasteiger partial charge in [-0.1, -0.05) is 52.5 Å². The smallest absolute Gasteiger partial charge is 0.262 e. The first-order valence-corrected chi connectivity index (χ1v) is 11.1. The monoisotopic (exact) mass is 526 g/mol. The Morgan fingerprint density at radius 2 is 1.24 bits per heavy atom. The molecule has 0 atom stereocenters. The van der Waals surface area contributed by atoms with Crippen molar-refractivity contribution in [1.82, 2.24) is 0 Å². The van der Waals surface area contributed by atoms with E-state index in [2.05, 4.69) is 10.6 Å². The number of hydrogen-bond acceptors (Lipinski definition) is 4. The molecule has 0 aliphatic carbocycles. The summed E-state index contributed by atoms with van der Waals surface area (Å²) in [6.07, 6.45) is 0. The minimum Gasteiger partial charge on any atom is -0.482 e. The first kappa shape index (κ1) is 25.0. The maximum atomic E-state index is 12.3. The maximum Gasteiger partial charge on any atom is 0.262 e. The largest absolute Gasteiger partial charge is 0.482 e. The Hall–Kier alpha value is -2.64.